The fraction of sp³-hybridized carbons (Fsp3) is 0.476. The third-order valence-corrected chi connectivity index (χ3v) is 6.16. The number of amides is 1. The molecule has 12 heteroatoms. The molecule has 2 aliphatic heterocycles. The van der Waals surface area contributed by atoms with Gasteiger partial charge in [0, 0.05) is 48.8 Å². The standard InChI is InChI=1S/C19H18F3N5O3S.C2H6/c20-19(21,22)15-10-31-17(25-15)13-7-12-14(1-2-23-16(12)24-13)26-3-5-27(6-4-26)18(28)30-11-8-29-9-11;1-2/h1-2,7,10-11H,3-6,8-9H2,(H,23,24);1-2H3. The number of piperazine rings is 1. The van der Waals surface area contributed by atoms with Gasteiger partial charge in [-0.2, -0.15) is 13.2 Å². The number of aromatic nitrogens is 3. The molecule has 0 bridgehead atoms. The van der Waals surface area contributed by atoms with Crippen LogP contribution in [0.2, 0.25) is 0 Å². The van der Waals surface area contributed by atoms with Crippen LogP contribution in [0.4, 0.5) is 23.7 Å². The molecule has 1 amide bonds. The Kier molecular flexibility index (Phi) is 6.75. The Bertz CT molecular complexity index is 1100. The fourth-order valence-corrected chi connectivity index (χ4v) is 4.36. The molecule has 2 saturated heterocycles. The smallest absolute Gasteiger partial charge is 0.434 e. The molecule has 0 aromatic carbocycles. The number of anilines is 1. The number of carbonyl (C=O) groups excluding carboxylic acids is 1. The highest BCUT2D eigenvalue weighted by molar-refractivity contribution is 7.13. The van der Waals surface area contributed by atoms with Crippen molar-refractivity contribution < 1.29 is 27.4 Å². The molecule has 1 N–H and O–H groups in total. The van der Waals surface area contributed by atoms with E-state index < -0.39 is 11.9 Å². The molecule has 3 aromatic rings. The summed E-state index contributed by atoms with van der Waals surface area (Å²) >= 11 is 0.930. The van der Waals surface area contributed by atoms with Gasteiger partial charge in [-0.3, -0.25) is 0 Å². The van der Waals surface area contributed by atoms with Gasteiger partial charge in [0.25, 0.3) is 0 Å². The van der Waals surface area contributed by atoms with Gasteiger partial charge < -0.3 is 24.3 Å². The van der Waals surface area contributed by atoms with Crippen molar-refractivity contribution in [2.24, 2.45) is 0 Å². The van der Waals surface area contributed by atoms with Crippen LogP contribution in [0.15, 0.2) is 23.7 Å². The third-order valence-electron chi connectivity index (χ3n) is 5.29. The van der Waals surface area contributed by atoms with Crippen LogP contribution in [-0.2, 0) is 15.7 Å². The molecule has 0 saturated carbocycles. The van der Waals surface area contributed by atoms with Crippen LogP contribution in [0, 0.1) is 0 Å². The summed E-state index contributed by atoms with van der Waals surface area (Å²) in [5, 5.41) is 2.05. The topological polar surface area (TPSA) is 83.6 Å². The van der Waals surface area contributed by atoms with Gasteiger partial charge >= 0.3 is 12.3 Å². The summed E-state index contributed by atoms with van der Waals surface area (Å²) in [6.45, 7) is 7.11. The lowest BCUT2D eigenvalue weighted by atomic mass is 10.2. The Morgan fingerprint density at radius 1 is 1.24 bits per heavy atom. The number of hydrogen-bond donors (Lipinski definition) is 1. The number of H-pyrrole nitrogens is 1. The zero-order valence-electron chi connectivity index (χ0n) is 18.2. The summed E-state index contributed by atoms with van der Waals surface area (Å²) in [6.07, 6.45) is -3.32. The summed E-state index contributed by atoms with van der Waals surface area (Å²) in [7, 11) is 0. The van der Waals surface area contributed by atoms with Crippen LogP contribution in [-0.4, -0.2) is 71.4 Å². The number of aromatic amines is 1. The predicted octanol–water partition coefficient (Wildman–Crippen LogP) is 4.39. The number of thiazole rings is 1. The first-order valence-corrected chi connectivity index (χ1v) is 11.6. The minimum absolute atomic E-state index is 0.160. The average Bonchev–Trinajstić information content (AvgIpc) is 3.44. The van der Waals surface area contributed by atoms with Crippen molar-refractivity contribution in [3.8, 4) is 10.7 Å². The number of hydrogen-bond acceptors (Lipinski definition) is 7. The molecule has 0 radical (unpaired) electrons. The predicted molar refractivity (Wildman–Crippen MR) is 118 cm³/mol. The van der Waals surface area contributed by atoms with Gasteiger partial charge in [-0.05, 0) is 12.1 Å². The first kappa shape index (κ1) is 23.3. The number of fused-ring (bicyclic) bond motifs is 1. The number of nitrogens with one attached hydrogen (secondary N) is 1. The zero-order chi connectivity index (χ0) is 23.6. The van der Waals surface area contributed by atoms with E-state index in [1.54, 1.807) is 17.2 Å². The van der Waals surface area contributed by atoms with Crippen molar-refractivity contribution in [1.82, 2.24) is 19.9 Å². The van der Waals surface area contributed by atoms with Crippen molar-refractivity contribution in [1.29, 1.82) is 0 Å². The summed E-state index contributed by atoms with van der Waals surface area (Å²) < 4.78 is 49.0. The van der Waals surface area contributed by atoms with Crippen molar-refractivity contribution in [2.75, 3.05) is 44.3 Å². The molecule has 8 nitrogen and oxygen atoms in total. The highest BCUT2D eigenvalue weighted by Gasteiger charge is 2.34. The number of ether oxygens (including phenoxy) is 2. The number of rotatable bonds is 3. The zero-order valence-corrected chi connectivity index (χ0v) is 19.0. The summed E-state index contributed by atoms with van der Waals surface area (Å²) in [5.41, 5.74) is 1.06. The van der Waals surface area contributed by atoms with E-state index in [2.05, 4.69) is 19.9 Å². The molecule has 2 aliphatic rings. The number of pyridine rings is 1. The molecule has 0 aliphatic carbocycles. The normalized spacial score (nSPS) is 16.9. The van der Waals surface area contributed by atoms with E-state index in [1.165, 1.54) is 0 Å². The van der Waals surface area contributed by atoms with Gasteiger partial charge in [-0.15, -0.1) is 11.3 Å². The largest absolute Gasteiger partial charge is 0.441 e. The van der Waals surface area contributed by atoms with Crippen LogP contribution in [0.3, 0.4) is 0 Å². The maximum absolute atomic E-state index is 12.9. The SMILES string of the molecule is CC.O=C(OC1COC1)N1CCN(c2ccnc3[nH]c(-c4nc(C(F)(F)F)cs4)cc23)CC1. The summed E-state index contributed by atoms with van der Waals surface area (Å²) in [4.78, 5) is 27.1. The maximum Gasteiger partial charge on any atom is 0.434 e. The molecule has 0 unspecified atom stereocenters. The third kappa shape index (κ3) is 4.91. The first-order valence-electron chi connectivity index (χ1n) is 10.7. The van der Waals surface area contributed by atoms with E-state index in [0.29, 0.717) is 50.7 Å². The second-order valence-corrected chi connectivity index (χ2v) is 8.19. The Morgan fingerprint density at radius 2 is 1.97 bits per heavy atom. The minimum Gasteiger partial charge on any atom is -0.441 e. The molecule has 3 aromatic heterocycles. The van der Waals surface area contributed by atoms with Gasteiger partial charge in [0.15, 0.2) is 11.8 Å². The highest BCUT2D eigenvalue weighted by Crippen LogP contribution is 2.35. The van der Waals surface area contributed by atoms with Gasteiger partial charge in [0.05, 0.1) is 18.9 Å². The van der Waals surface area contributed by atoms with Crippen molar-refractivity contribution in [3.63, 3.8) is 0 Å². The lowest BCUT2D eigenvalue weighted by Gasteiger charge is -2.37. The van der Waals surface area contributed by atoms with E-state index in [1.807, 2.05) is 19.9 Å². The second-order valence-electron chi connectivity index (χ2n) is 7.33. The Balaban J connectivity index is 0.00000126. The molecule has 5 rings (SSSR count). The second kappa shape index (κ2) is 9.56. The van der Waals surface area contributed by atoms with E-state index in [9.17, 15) is 18.0 Å². The molecular weight excluding hydrogens is 459 g/mol. The van der Waals surface area contributed by atoms with Crippen LogP contribution in [0.5, 0.6) is 0 Å². The molecule has 5 heterocycles. The van der Waals surface area contributed by atoms with Crippen LogP contribution in [0.1, 0.15) is 19.5 Å². The molecular formula is C21H24F3N5O3S. The molecule has 2 fully saturated rings. The Morgan fingerprint density at radius 3 is 2.58 bits per heavy atom. The van der Waals surface area contributed by atoms with Crippen molar-refractivity contribution in [3.05, 3.63) is 29.4 Å². The van der Waals surface area contributed by atoms with Gasteiger partial charge in [0.1, 0.15) is 10.7 Å². The molecule has 0 spiro atoms. The van der Waals surface area contributed by atoms with E-state index >= 15 is 0 Å². The number of carbonyl (C=O) groups is 1. The quantitative estimate of drug-likeness (QED) is 0.595. The van der Waals surface area contributed by atoms with E-state index in [-0.39, 0.29) is 17.2 Å². The van der Waals surface area contributed by atoms with Gasteiger partial charge in [-0.25, -0.2) is 14.8 Å². The lowest BCUT2D eigenvalue weighted by Crippen LogP contribution is -2.51. The number of nitrogens with zero attached hydrogens (tertiary/aromatic N) is 4. The lowest BCUT2D eigenvalue weighted by molar-refractivity contribution is -0.140. The van der Waals surface area contributed by atoms with Gasteiger partial charge in [0.2, 0.25) is 0 Å². The summed E-state index contributed by atoms with van der Waals surface area (Å²) in [5.74, 6) is 0. The van der Waals surface area contributed by atoms with E-state index in [0.717, 1.165) is 27.8 Å². The molecule has 0 atom stereocenters. The maximum atomic E-state index is 12.9. The van der Waals surface area contributed by atoms with Crippen LogP contribution in [0.25, 0.3) is 21.7 Å². The van der Waals surface area contributed by atoms with Crippen LogP contribution >= 0.6 is 11.3 Å². The summed E-state index contributed by atoms with van der Waals surface area (Å²) in [6, 6.07) is 3.64. The van der Waals surface area contributed by atoms with Crippen molar-refractivity contribution >= 4 is 34.2 Å². The van der Waals surface area contributed by atoms with Gasteiger partial charge in [-0.1, -0.05) is 13.8 Å². The van der Waals surface area contributed by atoms with Crippen molar-refractivity contribution in [2.45, 2.75) is 26.1 Å². The van der Waals surface area contributed by atoms with E-state index in [4.69, 9.17) is 9.47 Å². The first-order chi connectivity index (χ1) is 15.9. The Hall–Kier alpha value is -2.86. The fourth-order valence-electron chi connectivity index (χ4n) is 3.56. The highest BCUT2D eigenvalue weighted by atomic mass is 32.1. The number of alkyl halides is 3. The van der Waals surface area contributed by atoms with Crippen LogP contribution < -0.4 is 4.90 Å². The monoisotopic (exact) mass is 483 g/mol. The molecule has 33 heavy (non-hydrogen) atoms. The number of halogens is 3. The average molecular weight is 484 g/mol. The molecule has 178 valence electrons. The minimum atomic E-state index is -4.48. The Labute approximate surface area is 192 Å².